The van der Waals surface area contributed by atoms with E-state index in [1.807, 2.05) is 6.07 Å². The van der Waals surface area contributed by atoms with Gasteiger partial charge in [0, 0.05) is 0 Å². The standard InChI is InChI=1S/C16H16ClNO/c17-14-5-2-6-15(18)16(14)19-10-11-7-8-12-3-1-4-13(12)9-11/h2,5-9H,1,3-4,10,18H2. The molecule has 2 aromatic carbocycles. The number of hydrogen-bond donors (Lipinski definition) is 1. The van der Waals surface area contributed by atoms with E-state index in [9.17, 15) is 0 Å². The van der Waals surface area contributed by atoms with Crippen LogP contribution < -0.4 is 10.5 Å². The molecule has 1 aliphatic carbocycles. The molecule has 2 N–H and O–H groups in total. The summed E-state index contributed by atoms with van der Waals surface area (Å²) in [7, 11) is 0. The number of halogens is 1. The summed E-state index contributed by atoms with van der Waals surface area (Å²) < 4.78 is 5.76. The predicted molar refractivity (Wildman–Crippen MR) is 78.7 cm³/mol. The van der Waals surface area contributed by atoms with Crippen molar-refractivity contribution in [3.05, 3.63) is 58.1 Å². The Morgan fingerprint density at radius 1 is 1.11 bits per heavy atom. The monoisotopic (exact) mass is 273 g/mol. The highest BCUT2D eigenvalue weighted by atomic mass is 35.5. The first-order valence-corrected chi connectivity index (χ1v) is 6.89. The number of fused-ring (bicyclic) bond motifs is 1. The zero-order valence-electron chi connectivity index (χ0n) is 10.7. The molecule has 2 aromatic rings. The number of ether oxygens (including phenoxy) is 1. The normalized spacial score (nSPS) is 13.3. The second kappa shape index (κ2) is 5.14. The molecule has 3 heteroatoms. The van der Waals surface area contributed by atoms with Crippen LogP contribution in [-0.2, 0) is 19.4 Å². The van der Waals surface area contributed by atoms with Crippen LogP contribution in [-0.4, -0.2) is 0 Å². The maximum absolute atomic E-state index is 6.08. The number of aryl methyl sites for hydroxylation is 2. The maximum atomic E-state index is 6.08. The molecular formula is C16H16ClNO. The lowest BCUT2D eigenvalue weighted by molar-refractivity contribution is 0.308. The molecule has 2 nitrogen and oxygen atoms in total. The quantitative estimate of drug-likeness (QED) is 0.858. The number of nitrogen functional groups attached to an aromatic ring is 1. The smallest absolute Gasteiger partial charge is 0.161 e. The van der Waals surface area contributed by atoms with E-state index >= 15 is 0 Å². The Bertz CT molecular complexity index is 589. The van der Waals surface area contributed by atoms with Gasteiger partial charge in [-0.2, -0.15) is 0 Å². The van der Waals surface area contributed by atoms with E-state index in [0.717, 1.165) is 0 Å². The summed E-state index contributed by atoms with van der Waals surface area (Å²) in [6, 6.07) is 12.0. The fraction of sp³-hybridized carbons (Fsp3) is 0.250. The summed E-state index contributed by atoms with van der Waals surface area (Å²) in [5.41, 5.74) is 10.5. The van der Waals surface area contributed by atoms with E-state index in [-0.39, 0.29) is 0 Å². The van der Waals surface area contributed by atoms with Crippen LogP contribution in [0.5, 0.6) is 5.75 Å². The number of nitrogens with two attached hydrogens (primary N) is 1. The van der Waals surface area contributed by atoms with E-state index in [1.54, 1.807) is 12.1 Å². The maximum Gasteiger partial charge on any atom is 0.161 e. The van der Waals surface area contributed by atoms with Gasteiger partial charge in [-0.3, -0.25) is 0 Å². The van der Waals surface area contributed by atoms with Gasteiger partial charge >= 0.3 is 0 Å². The average Bonchev–Trinajstić information content (AvgIpc) is 2.85. The highest BCUT2D eigenvalue weighted by Crippen LogP contribution is 2.31. The third-order valence-electron chi connectivity index (χ3n) is 3.54. The highest BCUT2D eigenvalue weighted by Gasteiger charge is 2.11. The highest BCUT2D eigenvalue weighted by molar-refractivity contribution is 6.32. The van der Waals surface area contributed by atoms with Gasteiger partial charge in [0.25, 0.3) is 0 Å². The van der Waals surface area contributed by atoms with E-state index in [2.05, 4.69) is 18.2 Å². The molecule has 1 aliphatic rings. The largest absolute Gasteiger partial charge is 0.485 e. The van der Waals surface area contributed by atoms with Gasteiger partial charge in [0.1, 0.15) is 6.61 Å². The molecule has 0 unspecified atom stereocenters. The number of para-hydroxylation sites is 1. The molecule has 0 spiro atoms. The lowest BCUT2D eigenvalue weighted by Gasteiger charge is -2.11. The van der Waals surface area contributed by atoms with Gasteiger partial charge in [-0.05, 0) is 48.1 Å². The van der Waals surface area contributed by atoms with Gasteiger partial charge in [0.15, 0.2) is 5.75 Å². The van der Waals surface area contributed by atoms with E-state index in [1.165, 1.54) is 36.0 Å². The number of rotatable bonds is 3. The zero-order chi connectivity index (χ0) is 13.2. The fourth-order valence-electron chi connectivity index (χ4n) is 2.55. The molecular weight excluding hydrogens is 258 g/mol. The van der Waals surface area contributed by atoms with Crippen molar-refractivity contribution in [1.29, 1.82) is 0 Å². The minimum atomic E-state index is 0.501. The fourth-order valence-corrected chi connectivity index (χ4v) is 2.78. The van der Waals surface area contributed by atoms with Crippen molar-refractivity contribution < 1.29 is 4.74 Å². The van der Waals surface area contributed by atoms with E-state index in [0.29, 0.717) is 23.1 Å². The Labute approximate surface area is 118 Å². The molecule has 0 bridgehead atoms. The molecule has 0 amide bonds. The third kappa shape index (κ3) is 2.54. The van der Waals surface area contributed by atoms with Crippen molar-refractivity contribution >= 4 is 17.3 Å². The molecule has 0 heterocycles. The zero-order valence-corrected chi connectivity index (χ0v) is 11.4. The molecule has 19 heavy (non-hydrogen) atoms. The van der Waals surface area contributed by atoms with Gasteiger partial charge in [-0.25, -0.2) is 0 Å². The first kappa shape index (κ1) is 12.4. The summed E-state index contributed by atoms with van der Waals surface area (Å²) in [5, 5.41) is 0.557. The van der Waals surface area contributed by atoms with E-state index < -0.39 is 0 Å². The van der Waals surface area contributed by atoms with Crippen LogP contribution in [0.2, 0.25) is 5.02 Å². The lowest BCUT2D eigenvalue weighted by atomic mass is 10.1. The Hall–Kier alpha value is -1.67. The summed E-state index contributed by atoms with van der Waals surface area (Å²) >= 11 is 6.08. The van der Waals surface area contributed by atoms with Crippen LogP contribution in [0.25, 0.3) is 0 Å². The Kier molecular flexibility index (Phi) is 3.34. The van der Waals surface area contributed by atoms with Crippen molar-refractivity contribution in [1.82, 2.24) is 0 Å². The predicted octanol–water partition coefficient (Wildman–Crippen LogP) is 3.99. The van der Waals surface area contributed by atoms with Gasteiger partial charge in [0.05, 0.1) is 10.7 Å². The Morgan fingerprint density at radius 2 is 1.95 bits per heavy atom. The molecule has 0 aromatic heterocycles. The van der Waals surface area contributed by atoms with Crippen molar-refractivity contribution in [3.8, 4) is 5.75 Å². The molecule has 0 fully saturated rings. The topological polar surface area (TPSA) is 35.2 Å². The minimum absolute atomic E-state index is 0.501. The first-order chi connectivity index (χ1) is 9.24. The van der Waals surface area contributed by atoms with Crippen molar-refractivity contribution in [2.75, 3.05) is 5.73 Å². The second-order valence-corrected chi connectivity index (χ2v) is 5.31. The van der Waals surface area contributed by atoms with Crippen molar-refractivity contribution in [3.63, 3.8) is 0 Å². The van der Waals surface area contributed by atoms with Gasteiger partial charge in [-0.15, -0.1) is 0 Å². The van der Waals surface area contributed by atoms with Gasteiger partial charge < -0.3 is 10.5 Å². The number of anilines is 1. The average molecular weight is 274 g/mol. The molecule has 0 aliphatic heterocycles. The molecule has 0 saturated heterocycles. The molecule has 98 valence electrons. The van der Waals surface area contributed by atoms with Gasteiger partial charge in [-0.1, -0.05) is 35.9 Å². The Morgan fingerprint density at radius 3 is 2.79 bits per heavy atom. The van der Waals surface area contributed by atoms with Crippen molar-refractivity contribution in [2.24, 2.45) is 0 Å². The number of hydrogen-bond acceptors (Lipinski definition) is 2. The Balaban J connectivity index is 1.76. The summed E-state index contributed by atoms with van der Waals surface area (Å²) in [5.74, 6) is 0.574. The van der Waals surface area contributed by atoms with Crippen LogP contribution in [0, 0.1) is 0 Å². The van der Waals surface area contributed by atoms with Crippen LogP contribution in [0.1, 0.15) is 23.1 Å². The molecule has 0 radical (unpaired) electrons. The molecule has 0 saturated carbocycles. The SMILES string of the molecule is Nc1cccc(Cl)c1OCc1ccc2c(c1)CCC2. The van der Waals surface area contributed by atoms with Crippen LogP contribution >= 0.6 is 11.6 Å². The first-order valence-electron chi connectivity index (χ1n) is 6.51. The molecule has 0 atom stereocenters. The van der Waals surface area contributed by atoms with Crippen LogP contribution in [0.3, 0.4) is 0 Å². The summed E-state index contributed by atoms with van der Waals surface area (Å²) in [4.78, 5) is 0. The lowest BCUT2D eigenvalue weighted by Crippen LogP contribution is -2.00. The minimum Gasteiger partial charge on any atom is -0.485 e. The molecule has 3 rings (SSSR count). The van der Waals surface area contributed by atoms with E-state index in [4.69, 9.17) is 22.1 Å². The van der Waals surface area contributed by atoms with Crippen LogP contribution in [0.15, 0.2) is 36.4 Å². The summed E-state index contributed by atoms with van der Waals surface area (Å²) in [6.45, 7) is 0.501. The van der Waals surface area contributed by atoms with Crippen molar-refractivity contribution in [2.45, 2.75) is 25.9 Å². The van der Waals surface area contributed by atoms with Crippen LogP contribution in [0.4, 0.5) is 5.69 Å². The second-order valence-electron chi connectivity index (χ2n) is 4.90. The van der Waals surface area contributed by atoms with Gasteiger partial charge in [0.2, 0.25) is 0 Å². The summed E-state index contributed by atoms with van der Waals surface area (Å²) in [6.07, 6.45) is 3.64. The number of benzene rings is 2. The third-order valence-corrected chi connectivity index (χ3v) is 3.84.